The molecule has 0 spiro atoms. The van der Waals surface area contributed by atoms with E-state index in [0.29, 0.717) is 29.0 Å². The first kappa shape index (κ1) is 17.6. The lowest BCUT2D eigenvalue weighted by Crippen LogP contribution is -2.13. The average molecular weight is 366 g/mol. The second-order valence-electron chi connectivity index (χ2n) is 5.96. The van der Waals surface area contributed by atoms with Crippen LogP contribution in [-0.4, -0.2) is 42.0 Å². The monoisotopic (exact) mass is 366 g/mol. The summed E-state index contributed by atoms with van der Waals surface area (Å²) in [5, 5.41) is 4.15. The molecule has 25 heavy (non-hydrogen) atoms. The van der Waals surface area contributed by atoms with Crippen LogP contribution in [0.4, 0.5) is 4.39 Å². The fraction of sp³-hybridized carbons (Fsp3) is 0.375. The normalized spacial score (nSPS) is 15.4. The number of aromatic nitrogens is 3. The second-order valence-corrected chi connectivity index (χ2v) is 7.77. The highest BCUT2D eigenvalue weighted by atomic mass is 32.2. The van der Waals surface area contributed by atoms with Crippen molar-refractivity contribution in [2.24, 2.45) is 5.73 Å². The Morgan fingerprint density at radius 3 is 2.60 bits per heavy atom. The fourth-order valence-electron chi connectivity index (χ4n) is 2.25. The average Bonchev–Trinajstić information content (AvgIpc) is 3.33. The molecule has 0 atom stereocenters. The summed E-state index contributed by atoms with van der Waals surface area (Å²) in [5.74, 6) is 1.60. The minimum atomic E-state index is -3.56. The molecule has 7 nitrogen and oxygen atoms in total. The molecule has 1 aromatic heterocycles. The second kappa shape index (κ2) is 6.93. The van der Waals surface area contributed by atoms with Crippen molar-refractivity contribution in [1.82, 2.24) is 14.2 Å². The zero-order chi connectivity index (χ0) is 18.0. The maximum absolute atomic E-state index is 12.5. The van der Waals surface area contributed by atoms with Gasteiger partial charge in [0.2, 0.25) is 0 Å². The smallest absolute Gasteiger partial charge is 0.252 e. The highest BCUT2D eigenvalue weighted by molar-refractivity contribution is 7.89. The molecular weight excluding hydrogens is 347 g/mol. The third-order valence-electron chi connectivity index (χ3n) is 3.80. The topological polar surface area (TPSA) is 100 Å². The Labute approximate surface area is 145 Å². The summed E-state index contributed by atoms with van der Waals surface area (Å²) in [6.07, 6.45) is 3.48. The SMILES string of the molecule is CS(=O)(=O)n1nc(C2CC2)nc1-c1ccc(OC/C(=C/F)CN)cc1. The van der Waals surface area contributed by atoms with Gasteiger partial charge in [-0.3, -0.25) is 0 Å². The van der Waals surface area contributed by atoms with Gasteiger partial charge in [0, 0.05) is 23.6 Å². The first-order valence-corrected chi connectivity index (χ1v) is 9.66. The molecule has 1 aliphatic rings. The van der Waals surface area contributed by atoms with E-state index in [1.807, 2.05) is 0 Å². The molecular formula is C16H19FN4O3S. The maximum atomic E-state index is 12.5. The van der Waals surface area contributed by atoms with Gasteiger partial charge in [-0.15, -0.1) is 9.19 Å². The lowest BCUT2D eigenvalue weighted by molar-refractivity contribution is 0.347. The van der Waals surface area contributed by atoms with Crippen LogP contribution in [0.5, 0.6) is 5.75 Å². The quantitative estimate of drug-likeness (QED) is 0.802. The van der Waals surface area contributed by atoms with Crippen LogP contribution in [0.15, 0.2) is 36.2 Å². The van der Waals surface area contributed by atoms with E-state index in [1.54, 1.807) is 24.3 Å². The molecule has 2 aromatic rings. The molecule has 1 saturated carbocycles. The number of hydrogen-bond acceptors (Lipinski definition) is 6. The molecule has 0 aliphatic heterocycles. The van der Waals surface area contributed by atoms with Crippen molar-refractivity contribution in [2.75, 3.05) is 19.4 Å². The van der Waals surface area contributed by atoms with Crippen LogP contribution in [0.25, 0.3) is 11.4 Å². The first-order chi connectivity index (χ1) is 11.9. The molecule has 0 bridgehead atoms. The molecule has 2 N–H and O–H groups in total. The lowest BCUT2D eigenvalue weighted by Gasteiger charge is -2.08. The number of nitrogens with zero attached hydrogens (tertiary/aromatic N) is 3. The van der Waals surface area contributed by atoms with E-state index in [0.717, 1.165) is 23.2 Å². The summed E-state index contributed by atoms with van der Waals surface area (Å²) in [4.78, 5) is 4.40. The van der Waals surface area contributed by atoms with Crippen LogP contribution in [0.2, 0.25) is 0 Å². The zero-order valence-electron chi connectivity index (χ0n) is 13.7. The predicted molar refractivity (Wildman–Crippen MR) is 91.4 cm³/mol. The van der Waals surface area contributed by atoms with Gasteiger partial charge in [0.05, 0.1) is 12.6 Å². The van der Waals surface area contributed by atoms with Crippen LogP contribution in [-0.2, 0) is 10.0 Å². The number of halogens is 1. The van der Waals surface area contributed by atoms with Gasteiger partial charge in [0.25, 0.3) is 10.0 Å². The van der Waals surface area contributed by atoms with Crippen molar-refractivity contribution in [2.45, 2.75) is 18.8 Å². The van der Waals surface area contributed by atoms with Crippen molar-refractivity contribution in [3.8, 4) is 17.1 Å². The van der Waals surface area contributed by atoms with Crippen LogP contribution >= 0.6 is 0 Å². The summed E-state index contributed by atoms with van der Waals surface area (Å²) < 4.78 is 42.8. The number of nitrogens with two attached hydrogens (primary N) is 1. The molecule has 1 fully saturated rings. The van der Waals surface area contributed by atoms with Crippen LogP contribution in [0.3, 0.4) is 0 Å². The molecule has 1 aliphatic carbocycles. The fourth-order valence-corrected chi connectivity index (χ4v) is 2.94. The Hall–Kier alpha value is -2.26. The summed E-state index contributed by atoms with van der Waals surface area (Å²) in [5.41, 5.74) is 6.32. The summed E-state index contributed by atoms with van der Waals surface area (Å²) in [7, 11) is -3.56. The molecule has 134 valence electrons. The van der Waals surface area contributed by atoms with E-state index >= 15 is 0 Å². The third-order valence-corrected chi connectivity index (χ3v) is 4.69. The zero-order valence-corrected chi connectivity index (χ0v) is 14.5. The van der Waals surface area contributed by atoms with Gasteiger partial charge in [-0.05, 0) is 37.1 Å². The molecule has 3 rings (SSSR count). The van der Waals surface area contributed by atoms with Gasteiger partial charge in [-0.1, -0.05) is 0 Å². The van der Waals surface area contributed by atoms with E-state index < -0.39 is 10.0 Å². The number of rotatable bonds is 7. The molecule has 0 amide bonds. The van der Waals surface area contributed by atoms with Crippen LogP contribution in [0.1, 0.15) is 24.6 Å². The third kappa shape index (κ3) is 4.05. The van der Waals surface area contributed by atoms with E-state index in [2.05, 4.69) is 10.1 Å². The highest BCUT2D eigenvalue weighted by Gasteiger charge is 2.30. The molecule has 1 heterocycles. The minimum absolute atomic E-state index is 0.0533. The van der Waals surface area contributed by atoms with Crippen molar-refractivity contribution in [1.29, 1.82) is 0 Å². The van der Waals surface area contributed by atoms with Crippen molar-refractivity contribution in [3.63, 3.8) is 0 Å². The van der Waals surface area contributed by atoms with Gasteiger partial charge < -0.3 is 10.5 Å². The van der Waals surface area contributed by atoms with Crippen LogP contribution in [0, 0.1) is 0 Å². The number of ether oxygens (including phenoxy) is 1. The lowest BCUT2D eigenvalue weighted by atomic mass is 10.2. The van der Waals surface area contributed by atoms with E-state index in [-0.39, 0.29) is 24.9 Å². The van der Waals surface area contributed by atoms with Gasteiger partial charge in [-0.25, -0.2) is 17.8 Å². The van der Waals surface area contributed by atoms with Crippen molar-refractivity contribution < 1.29 is 17.5 Å². The van der Waals surface area contributed by atoms with Gasteiger partial charge >= 0.3 is 0 Å². The van der Waals surface area contributed by atoms with Crippen LogP contribution < -0.4 is 10.5 Å². The van der Waals surface area contributed by atoms with E-state index in [4.69, 9.17) is 10.5 Å². The Kier molecular flexibility index (Phi) is 4.87. The van der Waals surface area contributed by atoms with E-state index in [1.165, 1.54) is 0 Å². The molecule has 9 heteroatoms. The summed E-state index contributed by atoms with van der Waals surface area (Å²) in [6.45, 7) is 0.133. The van der Waals surface area contributed by atoms with Gasteiger partial charge in [-0.2, -0.15) is 0 Å². The van der Waals surface area contributed by atoms with Gasteiger partial charge in [0.1, 0.15) is 12.4 Å². The Bertz CT molecular complexity index is 887. The molecule has 0 unspecified atom stereocenters. The first-order valence-electron chi connectivity index (χ1n) is 7.81. The molecule has 0 radical (unpaired) electrons. The Balaban J connectivity index is 1.85. The largest absolute Gasteiger partial charge is 0.489 e. The van der Waals surface area contributed by atoms with Crippen molar-refractivity contribution >= 4 is 10.0 Å². The predicted octanol–water partition coefficient (Wildman–Crippen LogP) is 1.82. The van der Waals surface area contributed by atoms with Gasteiger partial charge in [0.15, 0.2) is 11.6 Å². The summed E-state index contributed by atoms with van der Waals surface area (Å²) in [6, 6.07) is 6.72. The van der Waals surface area contributed by atoms with E-state index in [9.17, 15) is 12.8 Å². The van der Waals surface area contributed by atoms with Crippen molar-refractivity contribution in [3.05, 3.63) is 42.0 Å². The standard InChI is InChI=1S/C16H19FN4O3S/c1-25(22,23)21-16(19-15(20-21)12-2-3-12)13-4-6-14(7-5-13)24-10-11(8-17)9-18/h4-8,12H,2-3,9-10,18H2,1H3/b11-8+. The number of hydrogen-bond donors (Lipinski definition) is 1. The molecule has 0 saturated heterocycles. The maximum Gasteiger partial charge on any atom is 0.252 e. The summed E-state index contributed by atoms with van der Waals surface area (Å²) >= 11 is 0. The number of benzene rings is 1. The highest BCUT2D eigenvalue weighted by Crippen LogP contribution is 2.39. The molecule has 1 aromatic carbocycles. The Morgan fingerprint density at radius 2 is 2.08 bits per heavy atom. The Morgan fingerprint density at radius 1 is 1.40 bits per heavy atom. The minimum Gasteiger partial charge on any atom is -0.489 e.